The van der Waals surface area contributed by atoms with Crippen molar-refractivity contribution in [2.24, 2.45) is 5.41 Å². The lowest BCUT2D eigenvalue weighted by Crippen LogP contribution is -2.30. The number of amides is 1. The van der Waals surface area contributed by atoms with Crippen LogP contribution in [0.25, 0.3) is 10.9 Å². The summed E-state index contributed by atoms with van der Waals surface area (Å²) in [6.07, 6.45) is 4.73. The number of aliphatic hydroxyl groups excluding tert-OH is 1. The van der Waals surface area contributed by atoms with Crippen LogP contribution in [0.5, 0.6) is 0 Å². The van der Waals surface area contributed by atoms with Gasteiger partial charge in [-0.25, -0.2) is 0 Å². The summed E-state index contributed by atoms with van der Waals surface area (Å²) in [5.74, 6) is -0.0401. The third-order valence-electron chi connectivity index (χ3n) is 4.06. The van der Waals surface area contributed by atoms with Crippen molar-refractivity contribution < 1.29 is 9.90 Å². The van der Waals surface area contributed by atoms with Crippen LogP contribution in [0.1, 0.15) is 29.6 Å². The minimum Gasteiger partial charge on any atom is -0.396 e. The summed E-state index contributed by atoms with van der Waals surface area (Å²) in [7, 11) is 0. The fourth-order valence-corrected chi connectivity index (χ4v) is 2.55. The lowest BCUT2D eigenvalue weighted by atomic mass is 10.0. The molecule has 0 bridgehead atoms. The molecule has 1 aliphatic carbocycles. The van der Waals surface area contributed by atoms with E-state index in [0.717, 1.165) is 30.2 Å². The number of nitrogens with one attached hydrogen (secondary N) is 2. The molecule has 100 valence electrons. The molecule has 0 atom stereocenters. The van der Waals surface area contributed by atoms with Gasteiger partial charge in [-0.1, -0.05) is 18.2 Å². The molecule has 1 fully saturated rings. The monoisotopic (exact) mass is 258 g/mol. The van der Waals surface area contributed by atoms with Gasteiger partial charge in [-0.05, 0) is 30.7 Å². The number of carbonyl (C=O) groups is 1. The predicted octanol–water partition coefficient (Wildman–Crippen LogP) is 2.06. The number of para-hydroxylation sites is 1. The average molecular weight is 258 g/mol. The van der Waals surface area contributed by atoms with Crippen molar-refractivity contribution in [2.75, 3.05) is 13.2 Å². The Morgan fingerprint density at radius 1 is 1.37 bits per heavy atom. The summed E-state index contributed by atoms with van der Waals surface area (Å²) < 4.78 is 0. The zero-order chi connectivity index (χ0) is 13.3. The maximum atomic E-state index is 12.2. The minimum absolute atomic E-state index is 0.0401. The molecule has 0 saturated heterocycles. The normalized spacial score (nSPS) is 16.5. The Morgan fingerprint density at radius 3 is 2.89 bits per heavy atom. The van der Waals surface area contributed by atoms with E-state index < -0.39 is 0 Å². The van der Waals surface area contributed by atoms with Crippen LogP contribution in [0.15, 0.2) is 30.5 Å². The molecule has 0 spiro atoms. The highest BCUT2D eigenvalue weighted by atomic mass is 16.3. The van der Waals surface area contributed by atoms with Gasteiger partial charge in [0, 0.05) is 30.3 Å². The predicted molar refractivity (Wildman–Crippen MR) is 74.0 cm³/mol. The first-order chi connectivity index (χ1) is 9.24. The third kappa shape index (κ3) is 2.36. The van der Waals surface area contributed by atoms with Crippen LogP contribution in [0.2, 0.25) is 0 Å². The number of aromatic amines is 1. The zero-order valence-corrected chi connectivity index (χ0v) is 10.8. The number of benzene rings is 1. The molecule has 2 aromatic rings. The van der Waals surface area contributed by atoms with Crippen LogP contribution in [-0.2, 0) is 0 Å². The smallest absolute Gasteiger partial charge is 0.253 e. The number of hydrogen-bond acceptors (Lipinski definition) is 2. The highest BCUT2D eigenvalue weighted by Crippen LogP contribution is 2.47. The number of aliphatic hydroxyl groups is 1. The minimum atomic E-state index is -0.0401. The lowest BCUT2D eigenvalue weighted by Gasteiger charge is -2.14. The maximum Gasteiger partial charge on any atom is 0.253 e. The average Bonchev–Trinajstić information content (AvgIpc) is 3.05. The second-order valence-corrected chi connectivity index (χ2v) is 5.40. The van der Waals surface area contributed by atoms with Gasteiger partial charge in [-0.15, -0.1) is 0 Å². The van der Waals surface area contributed by atoms with Crippen LogP contribution < -0.4 is 5.32 Å². The SMILES string of the molecule is O=C(NCC1(CCO)CC1)c1c[nH]c2ccccc12. The topological polar surface area (TPSA) is 65.1 Å². The van der Waals surface area contributed by atoms with Crippen molar-refractivity contribution in [3.8, 4) is 0 Å². The van der Waals surface area contributed by atoms with Gasteiger partial charge in [0.25, 0.3) is 5.91 Å². The van der Waals surface area contributed by atoms with E-state index in [2.05, 4.69) is 10.3 Å². The molecule has 3 N–H and O–H groups in total. The highest BCUT2D eigenvalue weighted by Gasteiger charge is 2.41. The van der Waals surface area contributed by atoms with E-state index in [-0.39, 0.29) is 17.9 Å². The van der Waals surface area contributed by atoms with Gasteiger partial charge >= 0.3 is 0 Å². The van der Waals surface area contributed by atoms with Gasteiger partial charge in [-0.2, -0.15) is 0 Å². The third-order valence-corrected chi connectivity index (χ3v) is 4.06. The standard InChI is InChI=1S/C15H18N2O2/c18-8-7-15(5-6-15)10-17-14(19)12-9-16-13-4-2-1-3-11(12)13/h1-4,9,16,18H,5-8,10H2,(H,17,19). The molecule has 1 heterocycles. The molecule has 0 radical (unpaired) electrons. The Hall–Kier alpha value is -1.81. The molecule has 0 unspecified atom stereocenters. The second-order valence-electron chi connectivity index (χ2n) is 5.40. The molecule has 1 aromatic heterocycles. The second kappa shape index (κ2) is 4.70. The van der Waals surface area contributed by atoms with Crippen molar-refractivity contribution in [2.45, 2.75) is 19.3 Å². The first kappa shape index (κ1) is 12.2. The van der Waals surface area contributed by atoms with Crippen molar-refractivity contribution >= 4 is 16.8 Å². The Kier molecular flexibility index (Phi) is 3.03. The first-order valence-corrected chi connectivity index (χ1v) is 6.69. The molecule has 0 aliphatic heterocycles. The largest absolute Gasteiger partial charge is 0.396 e. The Morgan fingerprint density at radius 2 is 2.16 bits per heavy atom. The first-order valence-electron chi connectivity index (χ1n) is 6.69. The van der Waals surface area contributed by atoms with Crippen LogP contribution in [0, 0.1) is 5.41 Å². The summed E-state index contributed by atoms with van der Waals surface area (Å²) in [5.41, 5.74) is 1.82. The van der Waals surface area contributed by atoms with E-state index >= 15 is 0 Å². The number of aromatic nitrogens is 1. The summed E-state index contributed by atoms with van der Waals surface area (Å²) in [4.78, 5) is 15.3. The van der Waals surface area contributed by atoms with Crippen molar-refractivity contribution in [1.82, 2.24) is 10.3 Å². The summed E-state index contributed by atoms with van der Waals surface area (Å²) in [5, 5.41) is 13.0. The van der Waals surface area contributed by atoms with Gasteiger partial charge in [0.2, 0.25) is 0 Å². The van der Waals surface area contributed by atoms with Crippen molar-refractivity contribution in [3.05, 3.63) is 36.0 Å². The number of rotatable bonds is 5. The molecule has 1 amide bonds. The molecule has 4 heteroatoms. The fraction of sp³-hybridized carbons (Fsp3) is 0.400. The quantitative estimate of drug-likeness (QED) is 0.768. The molecule has 3 rings (SSSR count). The van der Waals surface area contributed by atoms with E-state index in [9.17, 15) is 4.79 Å². The molecule has 4 nitrogen and oxygen atoms in total. The number of fused-ring (bicyclic) bond motifs is 1. The van der Waals surface area contributed by atoms with E-state index in [1.54, 1.807) is 6.20 Å². The van der Waals surface area contributed by atoms with E-state index in [0.29, 0.717) is 12.1 Å². The molecular weight excluding hydrogens is 240 g/mol. The lowest BCUT2D eigenvalue weighted by molar-refractivity contribution is 0.0942. The molecule has 1 aromatic carbocycles. The van der Waals surface area contributed by atoms with Gasteiger partial charge < -0.3 is 15.4 Å². The number of hydrogen-bond donors (Lipinski definition) is 3. The number of carbonyl (C=O) groups excluding carboxylic acids is 1. The zero-order valence-electron chi connectivity index (χ0n) is 10.8. The highest BCUT2D eigenvalue weighted by molar-refractivity contribution is 6.06. The molecule has 19 heavy (non-hydrogen) atoms. The van der Waals surface area contributed by atoms with Crippen LogP contribution in [0.3, 0.4) is 0 Å². The van der Waals surface area contributed by atoms with Crippen molar-refractivity contribution in [3.63, 3.8) is 0 Å². The van der Waals surface area contributed by atoms with Crippen LogP contribution in [0.4, 0.5) is 0 Å². The Bertz CT molecular complexity index is 599. The fourth-order valence-electron chi connectivity index (χ4n) is 2.55. The maximum absolute atomic E-state index is 12.2. The molecule has 1 saturated carbocycles. The van der Waals surface area contributed by atoms with Crippen LogP contribution >= 0.6 is 0 Å². The van der Waals surface area contributed by atoms with E-state index in [1.165, 1.54) is 0 Å². The Labute approximate surface area is 111 Å². The van der Waals surface area contributed by atoms with Gasteiger partial charge in [0.15, 0.2) is 0 Å². The molecule has 1 aliphatic rings. The van der Waals surface area contributed by atoms with Crippen molar-refractivity contribution in [1.29, 1.82) is 0 Å². The summed E-state index contributed by atoms with van der Waals surface area (Å²) in [6.45, 7) is 0.856. The van der Waals surface area contributed by atoms with E-state index in [1.807, 2.05) is 24.3 Å². The van der Waals surface area contributed by atoms with Gasteiger partial charge in [-0.3, -0.25) is 4.79 Å². The Balaban J connectivity index is 1.71. The number of H-pyrrole nitrogens is 1. The van der Waals surface area contributed by atoms with E-state index in [4.69, 9.17) is 5.11 Å². The summed E-state index contributed by atoms with van der Waals surface area (Å²) >= 11 is 0. The van der Waals surface area contributed by atoms with Gasteiger partial charge in [0.1, 0.15) is 0 Å². The summed E-state index contributed by atoms with van der Waals surface area (Å²) in [6, 6.07) is 7.78. The molecular formula is C15H18N2O2. The van der Waals surface area contributed by atoms with Crippen LogP contribution in [-0.4, -0.2) is 29.1 Å². The van der Waals surface area contributed by atoms with Gasteiger partial charge in [0.05, 0.1) is 5.56 Å².